The third-order valence-corrected chi connectivity index (χ3v) is 5.94. The van der Waals surface area contributed by atoms with Gasteiger partial charge in [0.25, 0.3) is 5.91 Å². The molecule has 0 N–H and O–H groups in total. The van der Waals surface area contributed by atoms with Crippen LogP contribution in [0.25, 0.3) is 0 Å². The van der Waals surface area contributed by atoms with E-state index in [1.54, 1.807) is 4.90 Å². The number of fused-ring (bicyclic) bond motifs is 2. The molecule has 0 saturated heterocycles. The van der Waals surface area contributed by atoms with Crippen molar-refractivity contribution in [2.24, 2.45) is 0 Å². The Morgan fingerprint density at radius 1 is 1.09 bits per heavy atom. The lowest BCUT2D eigenvalue weighted by Gasteiger charge is -2.33. The van der Waals surface area contributed by atoms with Crippen LogP contribution in [0.2, 0.25) is 0 Å². The molecule has 2 aromatic rings. The first-order valence-corrected chi connectivity index (χ1v) is 11.1. The molecular formula is C25H28F2N2O4. The molecule has 0 radical (unpaired) electrons. The van der Waals surface area contributed by atoms with Gasteiger partial charge in [0.2, 0.25) is 0 Å². The summed E-state index contributed by atoms with van der Waals surface area (Å²) in [5.74, 6) is -2.29. The van der Waals surface area contributed by atoms with Crippen LogP contribution in [0.5, 0.6) is 5.75 Å². The second-order valence-electron chi connectivity index (χ2n) is 9.36. The number of benzene rings is 2. The Labute approximate surface area is 192 Å². The molecule has 2 amide bonds. The number of ether oxygens (including phenoxy) is 2. The Hall–Kier alpha value is -3.16. The molecule has 2 heterocycles. The molecule has 0 bridgehead atoms. The predicted octanol–water partition coefficient (Wildman–Crippen LogP) is 4.65. The van der Waals surface area contributed by atoms with E-state index in [0.29, 0.717) is 37.4 Å². The van der Waals surface area contributed by atoms with Gasteiger partial charge in [-0.15, -0.1) is 0 Å². The van der Waals surface area contributed by atoms with E-state index < -0.39 is 23.1 Å². The van der Waals surface area contributed by atoms with Gasteiger partial charge in [0.15, 0.2) is 11.6 Å². The van der Waals surface area contributed by atoms with Crippen LogP contribution in [0, 0.1) is 18.6 Å². The smallest absolute Gasteiger partial charge is 0.410 e. The molecule has 2 aromatic carbocycles. The summed E-state index contributed by atoms with van der Waals surface area (Å²) in [6.07, 6.45) is 0.857. The molecule has 8 heteroatoms. The van der Waals surface area contributed by atoms with Gasteiger partial charge >= 0.3 is 6.09 Å². The van der Waals surface area contributed by atoms with E-state index in [4.69, 9.17) is 9.47 Å². The lowest BCUT2D eigenvalue weighted by atomic mass is 9.94. The zero-order valence-electron chi connectivity index (χ0n) is 19.3. The van der Waals surface area contributed by atoms with Crippen molar-refractivity contribution in [2.45, 2.75) is 46.1 Å². The first-order valence-electron chi connectivity index (χ1n) is 11.1. The lowest BCUT2D eigenvalue weighted by molar-refractivity contribution is 0.0258. The van der Waals surface area contributed by atoms with Gasteiger partial charge < -0.3 is 19.3 Å². The Kier molecular flexibility index (Phi) is 6.03. The Bertz CT molecular complexity index is 1110. The van der Waals surface area contributed by atoms with E-state index in [2.05, 4.69) is 0 Å². The molecule has 0 aliphatic carbocycles. The minimum atomic E-state index is -1.16. The monoisotopic (exact) mass is 458 g/mol. The van der Waals surface area contributed by atoms with E-state index in [1.807, 2.05) is 33.8 Å². The summed E-state index contributed by atoms with van der Waals surface area (Å²) in [5.41, 5.74) is 2.60. The molecule has 6 nitrogen and oxygen atoms in total. The van der Waals surface area contributed by atoms with Gasteiger partial charge in [-0.05, 0) is 75.4 Å². The fourth-order valence-corrected chi connectivity index (χ4v) is 4.40. The summed E-state index contributed by atoms with van der Waals surface area (Å²) >= 11 is 0. The van der Waals surface area contributed by atoms with Gasteiger partial charge in [-0.25, -0.2) is 13.6 Å². The molecule has 2 aliphatic heterocycles. The zero-order valence-corrected chi connectivity index (χ0v) is 19.3. The van der Waals surface area contributed by atoms with Crippen LogP contribution >= 0.6 is 0 Å². The van der Waals surface area contributed by atoms with Gasteiger partial charge in [0.05, 0.1) is 17.8 Å². The molecule has 0 saturated carbocycles. The van der Waals surface area contributed by atoms with Gasteiger partial charge in [-0.2, -0.15) is 0 Å². The molecule has 176 valence electrons. The fourth-order valence-electron chi connectivity index (χ4n) is 4.40. The molecule has 4 rings (SSSR count). The van der Waals surface area contributed by atoms with Crippen molar-refractivity contribution in [2.75, 3.05) is 31.1 Å². The Balaban J connectivity index is 1.66. The van der Waals surface area contributed by atoms with Crippen LogP contribution in [0.3, 0.4) is 0 Å². The summed E-state index contributed by atoms with van der Waals surface area (Å²) in [6.45, 7) is 8.87. The molecule has 0 fully saturated rings. The zero-order chi connectivity index (χ0) is 23.9. The molecule has 2 aliphatic rings. The van der Waals surface area contributed by atoms with Crippen LogP contribution in [-0.2, 0) is 17.6 Å². The van der Waals surface area contributed by atoms with Gasteiger partial charge in [-0.3, -0.25) is 4.79 Å². The maximum absolute atomic E-state index is 14.3. The first-order chi connectivity index (χ1) is 15.6. The van der Waals surface area contributed by atoms with E-state index in [-0.39, 0.29) is 24.8 Å². The third-order valence-electron chi connectivity index (χ3n) is 5.94. The summed E-state index contributed by atoms with van der Waals surface area (Å²) in [4.78, 5) is 28.9. The topological polar surface area (TPSA) is 59.1 Å². The van der Waals surface area contributed by atoms with Crippen molar-refractivity contribution >= 4 is 17.7 Å². The summed E-state index contributed by atoms with van der Waals surface area (Å²) in [5, 5.41) is 0. The molecular weight excluding hydrogens is 430 g/mol. The minimum absolute atomic E-state index is 0.228. The number of halogens is 2. The maximum atomic E-state index is 14.3. The lowest BCUT2D eigenvalue weighted by Crippen LogP contribution is -2.39. The number of amides is 2. The maximum Gasteiger partial charge on any atom is 0.410 e. The van der Waals surface area contributed by atoms with Crippen molar-refractivity contribution in [1.29, 1.82) is 0 Å². The normalized spacial score (nSPS) is 15.8. The third kappa shape index (κ3) is 4.51. The first kappa shape index (κ1) is 23.0. The van der Waals surface area contributed by atoms with Crippen molar-refractivity contribution < 1.29 is 27.8 Å². The van der Waals surface area contributed by atoms with Crippen molar-refractivity contribution in [3.05, 3.63) is 58.2 Å². The van der Waals surface area contributed by atoms with Crippen molar-refractivity contribution in [1.82, 2.24) is 4.90 Å². The van der Waals surface area contributed by atoms with Gasteiger partial charge in [0, 0.05) is 13.1 Å². The summed E-state index contributed by atoms with van der Waals surface area (Å²) < 4.78 is 39.5. The minimum Gasteiger partial charge on any atom is -0.490 e. The van der Waals surface area contributed by atoms with Gasteiger partial charge in [-0.1, -0.05) is 6.07 Å². The molecule has 0 atom stereocenters. The number of hydrogen-bond donors (Lipinski definition) is 0. The number of anilines is 1. The summed E-state index contributed by atoms with van der Waals surface area (Å²) in [6, 6.07) is 5.49. The average Bonchev–Trinajstić information content (AvgIpc) is 2.97. The van der Waals surface area contributed by atoms with Crippen molar-refractivity contribution in [3.8, 4) is 5.75 Å². The van der Waals surface area contributed by atoms with E-state index in [0.717, 1.165) is 22.8 Å². The van der Waals surface area contributed by atoms with E-state index in [1.165, 1.54) is 17.0 Å². The predicted molar refractivity (Wildman–Crippen MR) is 120 cm³/mol. The number of rotatable bonds is 1. The van der Waals surface area contributed by atoms with Crippen LogP contribution in [0.4, 0.5) is 19.3 Å². The molecule has 0 aromatic heterocycles. The van der Waals surface area contributed by atoms with Crippen molar-refractivity contribution in [3.63, 3.8) is 0 Å². The van der Waals surface area contributed by atoms with Crippen LogP contribution in [0.15, 0.2) is 24.3 Å². The molecule has 0 unspecified atom stereocenters. The SMILES string of the molecule is Cc1c2c(cc3c1N(C(=O)c1cccc(F)c1F)CCO3)CCN(C(=O)OC(C)(C)C)CC2. The highest BCUT2D eigenvalue weighted by atomic mass is 19.2. The highest BCUT2D eigenvalue weighted by molar-refractivity contribution is 6.08. The fraction of sp³-hybridized carbons (Fsp3) is 0.440. The van der Waals surface area contributed by atoms with Gasteiger partial charge in [0.1, 0.15) is 18.0 Å². The quantitative estimate of drug-likeness (QED) is 0.624. The number of carbonyl (C=O) groups excluding carboxylic acids is 2. The largest absolute Gasteiger partial charge is 0.490 e. The van der Waals surface area contributed by atoms with Crippen LogP contribution in [-0.4, -0.2) is 48.7 Å². The highest BCUT2D eigenvalue weighted by Gasteiger charge is 2.32. The highest BCUT2D eigenvalue weighted by Crippen LogP contribution is 2.40. The number of nitrogens with zero attached hydrogens (tertiary/aromatic N) is 2. The molecule has 0 spiro atoms. The Morgan fingerprint density at radius 3 is 2.55 bits per heavy atom. The second-order valence-corrected chi connectivity index (χ2v) is 9.36. The average molecular weight is 459 g/mol. The van der Waals surface area contributed by atoms with E-state index >= 15 is 0 Å². The number of carbonyl (C=O) groups is 2. The van der Waals surface area contributed by atoms with Crippen LogP contribution in [0.1, 0.15) is 47.8 Å². The molecule has 33 heavy (non-hydrogen) atoms. The number of hydrogen-bond acceptors (Lipinski definition) is 4. The standard InChI is InChI=1S/C25H28F2N2O4/c1-15-17-9-11-28(24(31)33-25(2,3)4)10-8-16(17)14-20-22(15)29(12-13-32-20)23(30)18-6-5-7-19(26)21(18)27/h5-7,14H,8-13H2,1-4H3. The second kappa shape index (κ2) is 8.65. The van der Waals surface area contributed by atoms with E-state index in [9.17, 15) is 18.4 Å². The Morgan fingerprint density at radius 2 is 1.82 bits per heavy atom. The van der Waals surface area contributed by atoms with Crippen LogP contribution < -0.4 is 9.64 Å². The summed E-state index contributed by atoms with van der Waals surface area (Å²) in [7, 11) is 0.